The summed E-state index contributed by atoms with van der Waals surface area (Å²) in [6.45, 7) is 0. The molecule has 2 N–H and O–H groups in total. The molecule has 98 valence electrons. The van der Waals surface area contributed by atoms with Gasteiger partial charge in [-0.25, -0.2) is 4.39 Å². The molecule has 2 aromatic rings. The molecular formula is C12H10ClFN4O. The number of nitrogens with zero attached hydrogens (tertiary/aromatic N) is 2. The number of benzene rings is 1. The van der Waals surface area contributed by atoms with Crippen LogP contribution in [0.4, 0.5) is 15.8 Å². The fourth-order valence-corrected chi connectivity index (χ4v) is 2.18. The molecular weight excluding hydrogens is 271 g/mol. The van der Waals surface area contributed by atoms with Gasteiger partial charge >= 0.3 is 0 Å². The number of anilines is 2. The molecule has 1 amide bonds. The minimum atomic E-state index is -0.596. The highest BCUT2D eigenvalue weighted by Gasteiger charge is 2.28. The molecule has 0 fully saturated rings. The first-order valence-electron chi connectivity index (χ1n) is 5.59. The predicted molar refractivity (Wildman–Crippen MR) is 69.6 cm³/mol. The fourth-order valence-electron chi connectivity index (χ4n) is 2.02. The number of amides is 1. The van der Waals surface area contributed by atoms with Crippen molar-refractivity contribution in [3.05, 3.63) is 40.9 Å². The highest BCUT2D eigenvalue weighted by molar-refractivity contribution is 6.31. The van der Waals surface area contributed by atoms with Crippen molar-refractivity contribution in [1.29, 1.82) is 0 Å². The maximum atomic E-state index is 13.4. The quantitative estimate of drug-likeness (QED) is 0.843. The molecule has 1 aromatic heterocycles. The predicted octanol–water partition coefficient (Wildman–Crippen LogP) is 2.32. The van der Waals surface area contributed by atoms with Crippen molar-refractivity contribution in [3.8, 4) is 0 Å². The van der Waals surface area contributed by atoms with Crippen molar-refractivity contribution < 1.29 is 9.18 Å². The van der Waals surface area contributed by atoms with Crippen molar-refractivity contribution in [1.82, 2.24) is 9.78 Å². The van der Waals surface area contributed by atoms with Crippen LogP contribution in [0, 0.1) is 5.82 Å². The summed E-state index contributed by atoms with van der Waals surface area (Å²) < 4.78 is 15.0. The van der Waals surface area contributed by atoms with E-state index in [0.717, 1.165) is 0 Å². The van der Waals surface area contributed by atoms with Crippen LogP contribution in [0.25, 0.3) is 0 Å². The van der Waals surface area contributed by atoms with Gasteiger partial charge in [0.05, 0.1) is 22.6 Å². The Morgan fingerprint density at radius 2 is 2.21 bits per heavy atom. The van der Waals surface area contributed by atoms with Gasteiger partial charge in [0, 0.05) is 24.9 Å². The summed E-state index contributed by atoms with van der Waals surface area (Å²) in [5.74, 6) is -0.767. The highest BCUT2D eigenvalue weighted by Crippen LogP contribution is 2.35. The number of aromatic nitrogens is 2. The van der Waals surface area contributed by atoms with E-state index in [1.54, 1.807) is 24.1 Å². The summed E-state index contributed by atoms with van der Waals surface area (Å²) >= 11 is 5.68. The molecule has 1 atom stereocenters. The van der Waals surface area contributed by atoms with E-state index in [2.05, 4.69) is 15.7 Å². The van der Waals surface area contributed by atoms with E-state index in [-0.39, 0.29) is 10.9 Å². The van der Waals surface area contributed by atoms with Gasteiger partial charge in [0.1, 0.15) is 11.9 Å². The Morgan fingerprint density at radius 1 is 1.42 bits per heavy atom. The first kappa shape index (κ1) is 12.0. The molecule has 0 saturated carbocycles. The van der Waals surface area contributed by atoms with Crippen molar-refractivity contribution in [2.24, 2.45) is 7.05 Å². The second kappa shape index (κ2) is 4.24. The second-order valence-electron chi connectivity index (χ2n) is 4.33. The average Bonchev–Trinajstić information content (AvgIpc) is 2.77. The molecule has 7 heteroatoms. The molecule has 1 unspecified atom stereocenters. The third kappa shape index (κ3) is 2.04. The third-order valence-corrected chi connectivity index (χ3v) is 3.23. The van der Waals surface area contributed by atoms with E-state index in [1.165, 1.54) is 12.1 Å². The smallest absolute Gasteiger partial charge is 0.251 e. The zero-order valence-corrected chi connectivity index (χ0v) is 10.7. The van der Waals surface area contributed by atoms with Crippen LogP contribution in [0.2, 0.25) is 5.02 Å². The molecule has 0 radical (unpaired) electrons. The molecule has 3 rings (SSSR count). The Morgan fingerprint density at radius 3 is 2.89 bits per heavy atom. The molecule has 0 spiro atoms. The Balaban J connectivity index is 1.99. The number of carbonyl (C=O) groups is 1. The van der Waals surface area contributed by atoms with Crippen molar-refractivity contribution in [3.63, 3.8) is 0 Å². The minimum absolute atomic E-state index is 0.0272. The van der Waals surface area contributed by atoms with Gasteiger partial charge in [-0.1, -0.05) is 11.6 Å². The van der Waals surface area contributed by atoms with E-state index in [4.69, 9.17) is 11.6 Å². The number of nitrogens with one attached hydrogen (secondary N) is 2. The van der Waals surface area contributed by atoms with Crippen LogP contribution in [0.15, 0.2) is 24.5 Å². The number of hydrogen-bond acceptors (Lipinski definition) is 3. The molecule has 1 aliphatic rings. The van der Waals surface area contributed by atoms with Gasteiger partial charge in [-0.2, -0.15) is 5.10 Å². The average molecular weight is 281 g/mol. The van der Waals surface area contributed by atoms with Gasteiger partial charge in [0.15, 0.2) is 0 Å². The van der Waals surface area contributed by atoms with Crippen LogP contribution in [-0.4, -0.2) is 15.7 Å². The van der Waals surface area contributed by atoms with Crippen molar-refractivity contribution in [2.45, 2.75) is 6.04 Å². The molecule has 0 saturated heterocycles. The van der Waals surface area contributed by atoms with Crippen molar-refractivity contribution >= 4 is 28.9 Å². The topological polar surface area (TPSA) is 59.0 Å². The number of hydrogen-bond donors (Lipinski definition) is 2. The molecule has 0 aliphatic carbocycles. The SMILES string of the molecule is Cn1cc(C2Nc3cc(F)c(Cl)cc3NC2=O)cn1. The summed E-state index contributed by atoms with van der Waals surface area (Å²) in [5, 5.41) is 9.66. The van der Waals surface area contributed by atoms with Gasteiger partial charge in [0.25, 0.3) is 5.91 Å². The summed E-state index contributed by atoms with van der Waals surface area (Å²) in [5.41, 5.74) is 1.67. The normalized spacial score (nSPS) is 17.6. The molecule has 1 aliphatic heterocycles. The maximum Gasteiger partial charge on any atom is 0.251 e. The van der Waals surface area contributed by atoms with Crippen LogP contribution in [0.3, 0.4) is 0 Å². The van der Waals surface area contributed by atoms with E-state index in [0.29, 0.717) is 16.9 Å². The fraction of sp³-hybridized carbons (Fsp3) is 0.167. The summed E-state index contributed by atoms with van der Waals surface area (Å²) in [4.78, 5) is 12.0. The lowest BCUT2D eigenvalue weighted by atomic mass is 10.1. The Hall–Kier alpha value is -2.08. The van der Waals surface area contributed by atoms with Crippen LogP contribution >= 0.6 is 11.6 Å². The Labute approximate surface area is 113 Å². The van der Waals surface area contributed by atoms with Crippen LogP contribution in [0.5, 0.6) is 0 Å². The van der Waals surface area contributed by atoms with Gasteiger partial charge < -0.3 is 10.6 Å². The first-order chi connectivity index (χ1) is 9.04. The number of carbonyl (C=O) groups excluding carboxylic acids is 1. The zero-order chi connectivity index (χ0) is 13.6. The van der Waals surface area contributed by atoms with Crippen molar-refractivity contribution in [2.75, 3.05) is 10.6 Å². The molecule has 5 nitrogen and oxygen atoms in total. The first-order valence-corrected chi connectivity index (χ1v) is 5.97. The molecule has 1 aromatic carbocycles. The summed E-state index contributed by atoms with van der Waals surface area (Å²) in [7, 11) is 1.76. The number of aryl methyl sites for hydroxylation is 1. The van der Waals surface area contributed by atoms with Gasteiger partial charge in [0.2, 0.25) is 0 Å². The maximum absolute atomic E-state index is 13.4. The second-order valence-corrected chi connectivity index (χ2v) is 4.73. The summed E-state index contributed by atoms with van der Waals surface area (Å²) in [6, 6.07) is 2.05. The molecule has 2 heterocycles. The van der Waals surface area contributed by atoms with E-state index in [9.17, 15) is 9.18 Å². The largest absolute Gasteiger partial charge is 0.368 e. The molecule has 0 bridgehead atoms. The lowest BCUT2D eigenvalue weighted by Crippen LogP contribution is -2.31. The van der Waals surface area contributed by atoms with Gasteiger partial charge in [-0.05, 0) is 6.07 Å². The highest BCUT2D eigenvalue weighted by atomic mass is 35.5. The summed E-state index contributed by atoms with van der Waals surface area (Å²) in [6.07, 6.45) is 3.32. The Kier molecular flexibility index (Phi) is 2.67. The van der Waals surface area contributed by atoms with Crippen LogP contribution in [-0.2, 0) is 11.8 Å². The monoisotopic (exact) mass is 280 g/mol. The standard InChI is InChI=1S/C12H10ClFN4O/c1-18-5-6(4-15-18)11-12(19)17-9-2-7(13)8(14)3-10(9)16-11/h2-5,11,16H,1H3,(H,17,19). The van der Waals surface area contributed by atoms with Gasteiger partial charge in [-0.15, -0.1) is 0 Å². The number of fused-ring (bicyclic) bond motifs is 1. The lowest BCUT2D eigenvalue weighted by Gasteiger charge is -2.26. The van der Waals surface area contributed by atoms with Crippen LogP contribution in [0.1, 0.15) is 11.6 Å². The minimum Gasteiger partial charge on any atom is -0.368 e. The van der Waals surface area contributed by atoms with Crippen LogP contribution < -0.4 is 10.6 Å². The van der Waals surface area contributed by atoms with E-state index in [1.807, 2.05) is 0 Å². The molecule has 19 heavy (non-hydrogen) atoms. The Bertz CT molecular complexity index is 670. The van der Waals surface area contributed by atoms with E-state index < -0.39 is 11.9 Å². The lowest BCUT2D eigenvalue weighted by molar-refractivity contribution is -0.117. The third-order valence-electron chi connectivity index (χ3n) is 2.94. The van der Waals surface area contributed by atoms with Gasteiger partial charge in [-0.3, -0.25) is 9.48 Å². The number of halogens is 2. The zero-order valence-electron chi connectivity index (χ0n) is 9.95. The van der Waals surface area contributed by atoms with E-state index >= 15 is 0 Å². The number of rotatable bonds is 1.